The SMILES string of the molecule is COc1ccc(C(=O)c2c[nH]n(C)c2=O)c(Cl)c1NS(C)(=O)=Cc1ccccc1. The van der Waals surface area contributed by atoms with E-state index < -0.39 is 21.1 Å². The molecule has 0 aliphatic rings. The minimum atomic E-state index is -2.73. The van der Waals surface area contributed by atoms with E-state index in [9.17, 15) is 13.8 Å². The quantitative estimate of drug-likeness (QED) is 0.461. The molecule has 7 nitrogen and oxygen atoms in total. The predicted octanol–water partition coefficient (Wildman–Crippen LogP) is 2.70. The lowest BCUT2D eigenvalue weighted by molar-refractivity contribution is 0.103. The Morgan fingerprint density at radius 1 is 1.21 bits per heavy atom. The fourth-order valence-corrected chi connectivity index (χ4v) is 4.48. The molecule has 1 atom stereocenters. The molecule has 3 rings (SSSR count). The van der Waals surface area contributed by atoms with E-state index in [4.69, 9.17) is 16.3 Å². The van der Waals surface area contributed by atoms with Crippen molar-refractivity contribution >= 4 is 38.1 Å². The number of aromatic nitrogens is 2. The van der Waals surface area contributed by atoms with Crippen LogP contribution in [0, 0.1) is 0 Å². The van der Waals surface area contributed by atoms with Crippen molar-refractivity contribution in [2.24, 2.45) is 7.05 Å². The molecular weight excluding hydrogens is 414 g/mol. The molecule has 1 aromatic heterocycles. The molecule has 152 valence electrons. The number of carbonyl (C=O) groups is 1. The Kier molecular flexibility index (Phi) is 5.86. The van der Waals surface area contributed by atoms with Gasteiger partial charge in [0.15, 0.2) is 0 Å². The van der Waals surface area contributed by atoms with Crippen LogP contribution in [-0.4, -0.2) is 38.5 Å². The first-order valence-corrected chi connectivity index (χ1v) is 11.0. The molecule has 2 aromatic carbocycles. The fraction of sp³-hybridized carbons (Fsp3) is 0.150. The van der Waals surface area contributed by atoms with Crippen molar-refractivity contribution in [1.29, 1.82) is 0 Å². The molecule has 0 saturated heterocycles. The third-order valence-electron chi connectivity index (χ3n) is 4.22. The van der Waals surface area contributed by atoms with Crippen molar-refractivity contribution in [3.05, 3.63) is 80.7 Å². The molecule has 29 heavy (non-hydrogen) atoms. The van der Waals surface area contributed by atoms with Gasteiger partial charge in [0, 0.05) is 40.1 Å². The van der Waals surface area contributed by atoms with Gasteiger partial charge >= 0.3 is 0 Å². The molecule has 0 aliphatic carbocycles. The Balaban J connectivity index is 2.07. The van der Waals surface area contributed by atoms with Crippen LogP contribution in [-0.2, 0) is 16.8 Å². The number of hydrogen-bond acceptors (Lipinski definition) is 4. The third kappa shape index (κ3) is 4.38. The number of rotatable bonds is 6. The number of benzene rings is 2. The van der Waals surface area contributed by atoms with Crippen molar-refractivity contribution in [3.8, 4) is 5.75 Å². The number of hydrogen-bond donors (Lipinski definition) is 2. The molecule has 0 aliphatic heterocycles. The summed E-state index contributed by atoms with van der Waals surface area (Å²) in [6.45, 7) is 0. The second-order valence-electron chi connectivity index (χ2n) is 6.42. The molecule has 9 heteroatoms. The first-order chi connectivity index (χ1) is 13.7. The van der Waals surface area contributed by atoms with E-state index in [2.05, 4.69) is 9.82 Å². The van der Waals surface area contributed by atoms with Crippen LogP contribution in [0.15, 0.2) is 53.5 Å². The van der Waals surface area contributed by atoms with E-state index in [-0.39, 0.29) is 21.8 Å². The summed E-state index contributed by atoms with van der Waals surface area (Å²) in [5, 5.41) is 4.26. The summed E-state index contributed by atoms with van der Waals surface area (Å²) in [5.74, 6) is -0.221. The van der Waals surface area contributed by atoms with Crippen molar-refractivity contribution in [1.82, 2.24) is 9.78 Å². The van der Waals surface area contributed by atoms with Gasteiger partial charge in [0.05, 0.1) is 12.1 Å². The summed E-state index contributed by atoms with van der Waals surface area (Å²) in [4.78, 5) is 25.0. The second-order valence-corrected chi connectivity index (χ2v) is 9.04. The van der Waals surface area contributed by atoms with E-state index in [0.717, 1.165) is 5.56 Å². The highest BCUT2D eigenvalue weighted by Crippen LogP contribution is 2.36. The van der Waals surface area contributed by atoms with Crippen LogP contribution in [0.3, 0.4) is 0 Å². The average molecular weight is 434 g/mol. The zero-order valence-corrected chi connectivity index (χ0v) is 17.6. The van der Waals surface area contributed by atoms with Crippen LogP contribution >= 0.6 is 11.6 Å². The Morgan fingerprint density at radius 2 is 1.90 bits per heavy atom. The van der Waals surface area contributed by atoms with Gasteiger partial charge in [0.25, 0.3) is 5.56 Å². The van der Waals surface area contributed by atoms with Crippen molar-refractivity contribution in [3.63, 3.8) is 0 Å². The average Bonchev–Trinajstić information content (AvgIpc) is 3.02. The number of ketones is 1. The highest BCUT2D eigenvalue weighted by molar-refractivity contribution is 8.02. The summed E-state index contributed by atoms with van der Waals surface area (Å²) in [7, 11) is 0.224. The number of aromatic amines is 1. The molecule has 0 radical (unpaired) electrons. The minimum Gasteiger partial charge on any atom is -0.495 e. The molecule has 0 saturated carbocycles. The maximum Gasteiger partial charge on any atom is 0.277 e. The van der Waals surface area contributed by atoms with E-state index >= 15 is 0 Å². The first kappa shape index (κ1) is 20.8. The minimum absolute atomic E-state index is 0.0219. The standard InChI is InChI=1S/C20H20ClN3O4S/c1-24-20(26)15(11-22-24)19(25)14-9-10-16(28-2)18(17(14)21)23-29(3,27)12-13-7-5-4-6-8-13/h4-12,22H,1-3H3,(H,23,27). The van der Waals surface area contributed by atoms with Crippen LogP contribution in [0.4, 0.5) is 5.69 Å². The van der Waals surface area contributed by atoms with Gasteiger partial charge in [-0.2, -0.15) is 0 Å². The Bertz CT molecular complexity index is 1240. The summed E-state index contributed by atoms with van der Waals surface area (Å²) in [6.07, 6.45) is 2.84. The summed E-state index contributed by atoms with van der Waals surface area (Å²) < 4.78 is 22.5. The number of carbonyl (C=O) groups excluding carboxylic acids is 1. The molecule has 0 spiro atoms. The number of H-pyrrole nitrogens is 1. The van der Waals surface area contributed by atoms with Gasteiger partial charge in [-0.15, -0.1) is 0 Å². The van der Waals surface area contributed by atoms with Crippen molar-refractivity contribution in [2.45, 2.75) is 0 Å². The van der Waals surface area contributed by atoms with E-state index in [1.165, 1.54) is 43.4 Å². The van der Waals surface area contributed by atoms with Gasteiger partial charge in [-0.1, -0.05) is 41.9 Å². The Labute approximate surface area is 173 Å². The largest absolute Gasteiger partial charge is 0.495 e. The fourth-order valence-electron chi connectivity index (χ4n) is 2.79. The van der Waals surface area contributed by atoms with Crippen LogP contribution in [0.2, 0.25) is 5.02 Å². The van der Waals surface area contributed by atoms with Crippen molar-refractivity contribution < 1.29 is 13.7 Å². The van der Waals surface area contributed by atoms with E-state index in [0.29, 0.717) is 5.75 Å². The smallest absolute Gasteiger partial charge is 0.277 e. The monoisotopic (exact) mass is 433 g/mol. The zero-order chi connectivity index (χ0) is 21.2. The number of ether oxygens (including phenoxy) is 1. The highest BCUT2D eigenvalue weighted by atomic mass is 35.5. The summed E-state index contributed by atoms with van der Waals surface area (Å²) in [5.41, 5.74) is 0.575. The lowest BCUT2D eigenvalue weighted by atomic mass is 10.1. The van der Waals surface area contributed by atoms with Gasteiger partial charge < -0.3 is 14.6 Å². The van der Waals surface area contributed by atoms with Gasteiger partial charge in [0.2, 0.25) is 5.78 Å². The molecule has 0 bridgehead atoms. The van der Waals surface area contributed by atoms with Gasteiger partial charge in [-0.25, -0.2) is 4.21 Å². The Morgan fingerprint density at radius 3 is 2.48 bits per heavy atom. The summed E-state index contributed by atoms with van der Waals surface area (Å²) >= 11 is 6.48. The Hall–Kier alpha value is -2.97. The number of halogens is 1. The maximum absolute atomic E-state index is 13.1. The zero-order valence-electron chi connectivity index (χ0n) is 16.1. The number of methoxy groups -OCH3 is 1. The highest BCUT2D eigenvalue weighted by Gasteiger charge is 2.23. The third-order valence-corrected chi connectivity index (χ3v) is 5.94. The molecule has 1 unspecified atom stereocenters. The number of aryl methyl sites for hydroxylation is 1. The second kappa shape index (κ2) is 8.18. The molecule has 3 aromatic rings. The van der Waals surface area contributed by atoms with Gasteiger partial charge in [0.1, 0.15) is 17.0 Å². The lowest BCUT2D eigenvalue weighted by Gasteiger charge is -2.17. The molecule has 2 N–H and O–H groups in total. The summed E-state index contributed by atoms with van der Waals surface area (Å²) in [6, 6.07) is 12.2. The van der Waals surface area contributed by atoms with Gasteiger partial charge in [-0.05, 0) is 17.7 Å². The normalized spacial score (nSPS) is 12.8. The molecule has 1 heterocycles. The number of nitrogens with one attached hydrogen (secondary N) is 2. The van der Waals surface area contributed by atoms with Gasteiger partial charge in [-0.3, -0.25) is 14.3 Å². The number of anilines is 1. The molecule has 0 amide bonds. The molecular formula is C20H20ClN3O4S. The van der Waals surface area contributed by atoms with Crippen molar-refractivity contribution in [2.75, 3.05) is 18.1 Å². The maximum atomic E-state index is 13.1. The van der Waals surface area contributed by atoms with E-state index in [1.807, 2.05) is 30.3 Å². The van der Waals surface area contributed by atoms with Crippen LogP contribution in [0.1, 0.15) is 21.5 Å². The van der Waals surface area contributed by atoms with Crippen LogP contribution in [0.5, 0.6) is 5.75 Å². The lowest BCUT2D eigenvalue weighted by Crippen LogP contribution is -2.20. The first-order valence-electron chi connectivity index (χ1n) is 8.56. The van der Waals surface area contributed by atoms with E-state index in [1.54, 1.807) is 5.37 Å². The van der Waals surface area contributed by atoms with Crippen LogP contribution in [0.25, 0.3) is 0 Å². The molecule has 0 fully saturated rings. The van der Waals surface area contributed by atoms with Crippen LogP contribution < -0.4 is 15.0 Å². The number of nitrogens with zero attached hydrogens (tertiary/aromatic N) is 1. The predicted molar refractivity (Wildman–Crippen MR) is 117 cm³/mol. The topological polar surface area (TPSA) is 93.2 Å².